The van der Waals surface area contributed by atoms with Crippen LogP contribution >= 0.6 is 0 Å². The minimum atomic E-state index is -1.64. The van der Waals surface area contributed by atoms with Gasteiger partial charge in [0.25, 0.3) is 11.9 Å². The third-order valence-corrected chi connectivity index (χ3v) is 2.72. The molecule has 0 aromatic carbocycles. The molecule has 0 aliphatic heterocycles. The lowest BCUT2D eigenvalue weighted by Crippen LogP contribution is -2.16. The number of nitrogens with zero attached hydrogens (tertiary/aromatic N) is 1. The number of rotatable bonds is 5. The van der Waals surface area contributed by atoms with Crippen molar-refractivity contribution in [3.8, 4) is 0 Å². The lowest BCUT2D eigenvalue weighted by molar-refractivity contribution is 0.409. The first-order valence-corrected chi connectivity index (χ1v) is 5.45. The summed E-state index contributed by atoms with van der Waals surface area (Å²) in [4.78, 5) is 2.48. The molecule has 0 atom stereocenters. The van der Waals surface area contributed by atoms with Gasteiger partial charge in [-0.1, -0.05) is 26.7 Å². The Hall–Kier alpha value is -1.33. The number of anilines is 1. The second-order valence-corrected chi connectivity index (χ2v) is 3.76. The normalized spacial score (nSPS) is 11.0. The fourth-order valence-corrected chi connectivity index (χ4v) is 1.47. The summed E-state index contributed by atoms with van der Waals surface area (Å²) in [5.41, 5.74) is -0.790. The molecule has 6 heteroatoms. The van der Waals surface area contributed by atoms with E-state index in [1.807, 2.05) is 13.8 Å². The zero-order chi connectivity index (χ0) is 13.0. The molecule has 1 rings (SSSR count). The molecule has 0 aliphatic carbocycles. The van der Waals surface area contributed by atoms with Gasteiger partial charge in [-0.2, -0.15) is 22.5 Å². The molecular formula is C11H14F4N2. The zero-order valence-electron chi connectivity index (χ0n) is 9.66. The number of halogens is 4. The third kappa shape index (κ3) is 3.08. The monoisotopic (exact) mass is 250 g/mol. The van der Waals surface area contributed by atoms with Gasteiger partial charge >= 0.3 is 0 Å². The van der Waals surface area contributed by atoms with E-state index in [2.05, 4.69) is 10.3 Å². The molecule has 0 unspecified atom stereocenters. The number of nitrogens with one attached hydrogen (secondary N) is 1. The van der Waals surface area contributed by atoms with Crippen LogP contribution in [0.1, 0.15) is 26.7 Å². The minimum Gasteiger partial charge on any atom is -0.380 e. The van der Waals surface area contributed by atoms with Gasteiger partial charge in [0.2, 0.25) is 11.6 Å². The van der Waals surface area contributed by atoms with Crippen molar-refractivity contribution in [2.75, 3.05) is 11.9 Å². The summed E-state index contributed by atoms with van der Waals surface area (Å²) in [7, 11) is 0. The molecular weight excluding hydrogens is 236 g/mol. The summed E-state index contributed by atoms with van der Waals surface area (Å²) in [6, 6.07) is 0. The standard InChI is InChI=1S/C11H14F4N2/c1-3-6(4-2)5-16-9-7(12)10(14)17-11(15)8(9)13/h6H,3-5H2,1-2H3,(H,16,17). The number of hydrogen-bond donors (Lipinski definition) is 1. The lowest BCUT2D eigenvalue weighted by Gasteiger charge is -2.15. The summed E-state index contributed by atoms with van der Waals surface area (Å²) in [5, 5.41) is 2.39. The predicted molar refractivity (Wildman–Crippen MR) is 56.6 cm³/mol. The van der Waals surface area contributed by atoms with Crippen molar-refractivity contribution >= 4 is 5.69 Å². The van der Waals surface area contributed by atoms with Gasteiger partial charge in [0, 0.05) is 6.54 Å². The van der Waals surface area contributed by atoms with Crippen LogP contribution in [0.15, 0.2) is 0 Å². The van der Waals surface area contributed by atoms with E-state index in [0.717, 1.165) is 12.8 Å². The maximum Gasteiger partial charge on any atom is 0.253 e. The predicted octanol–water partition coefficient (Wildman–Crippen LogP) is 3.49. The van der Waals surface area contributed by atoms with Crippen LogP contribution in [0.3, 0.4) is 0 Å². The average molecular weight is 250 g/mol. The molecule has 0 radical (unpaired) electrons. The highest BCUT2D eigenvalue weighted by Gasteiger charge is 2.20. The van der Waals surface area contributed by atoms with Gasteiger partial charge in [0.05, 0.1) is 0 Å². The summed E-state index contributed by atoms with van der Waals surface area (Å²) in [6.07, 6.45) is 1.62. The molecule has 1 heterocycles. The van der Waals surface area contributed by atoms with Crippen LogP contribution in [0.4, 0.5) is 23.2 Å². The number of pyridine rings is 1. The van der Waals surface area contributed by atoms with Crippen LogP contribution in [0.2, 0.25) is 0 Å². The molecule has 0 aliphatic rings. The van der Waals surface area contributed by atoms with E-state index < -0.39 is 29.2 Å². The van der Waals surface area contributed by atoms with E-state index in [0.29, 0.717) is 0 Å². The van der Waals surface area contributed by atoms with Gasteiger partial charge < -0.3 is 5.32 Å². The molecule has 2 nitrogen and oxygen atoms in total. The molecule has 0 bridgehead atoms. The highest BCUT2D eigenvalue weighted by molar-refractivity contribution is 5.45. The van der Waals surface area contributed by atoms with Crippen molar-refractivity contribution in [1.82, 2.24) is 4.98 Å². The molecule has 0 fully saturated rings. The van der Waals surface area contributed by atoms with Crippen LogP contribution in [0, 0.1) is 29.4 Å². The molecule has 1 aromatic rings. The Labute approximate surface area is 97.1 Å². The first-order chi connectivity index (χ1) is 8.01. The molecule has 0 saturated heterocycles. The molecule has 1 aromatic heterocycles. The van der Waals surface area contributed by atoms with Gasteiger partial charge in [-0.25, -0.2) is 0 Å². The van der Waals surface area contributed by atoms with E-state index in [1.54, 1.807) is 0 Å². The van der Waals surface area contributed by atoms with Crippen molar-refractivity contribution in [1.29, 1.82) is 0 Å². The second-order valence-electron chi connectivity index (χ2n) is 3.76. The van der Waals surface area contributed by atoms with E-state index in [9.17, 15) is 17.6 Å². The topological polar surface area (TPSA) is 24.9 Å². The first-order valence-electron chi connectivity index (χ1n) is 5.45. The minimum absolute atomic E-state index is 0.188. The molecule has 0 saturated carbocycles. The molecule has 0 amide bonds. The molecule has 17 heavy (non-hydrogen) atoms. The van der Waals surface area contributed by atoms with Crippen LogP contribution < -0.4 is 5.32 Å². The molecule has 0 spiro atoms. The van der Waals surface area contributed by atoms with E-state index in [-0.39, 0.29) is 12.5 Å². The van der Waals surface area contributed by atoms with E-state index in [4.69, 9.17) is 0 Å². The van der Waals surface area contributed by atoms with Gasteiger partial charge in [-0.05, 0) is 5.92 Å². The van der Waals surface area contributed by atoms with Crippen molar-refractivity contribution in [2.24, 2.45) is 5.92 Å². The van der Waals surface area contributed by atoms with Crippen molar-refractivity contribution in [3.05, 3.63) is 23.5 Å². The quantitative estimate of drug-likeness (QED) is 0.639. The fourth-order valence-electron chi connectivity index (χ4n) is 1.47. The number of aromatic nitrogens is 1. The smallest absolute Gasteiger partial charge is 0.253 e. The fraction of sp³-hybridized carbons (Fsp3) is 0.545. The SMILES string of the molecule is CCC(CC)CNc1c(F)c(F)nc(F)c1F. The Morgan fingerprint density at radius 3 is 1.88 bits per heavy atom. The lowest BCUT2D eigenvalue weighted by atomic mass is 10.0. The molecule has 1 N–H and O–H groups in total. The maximum absolute atomic E-state index is 13.2. The van der Waals surface area contributed by atoms with Gasteiger partial charge in [0.1, 0.15) is 5.69 Å². The second kappa shape index (κ2) is 5.84. The highest BCUT2D eigenvalue weighted by Crippen LogP contribution is 2.22. The van der Waals surface area contributed by atoms with Crippen molar-refractivity contribution < 1.29 is 17.6 Å². The highest BCUT2D eigenvalue weighted by atomic mass is 19.2. The van der Waals surface area contributed by atoms with Crippen LogP contribution in [0.25, 0.3) is 0 Å². The van der Waals surface area contributed by atoms with Gasteiger partial charge in [-0.3, -0.25) is 0 Å². The first kappa shape index (κ1) is 13.7. The largest absolute Gasteiger partial charge is 0.380 e. The molecule has 96 valence electrons. The Bertz CT molecular complexity index is 365. The van der Waals surface area contributed by atoms with E-state index >= 15 is 0 Å². The van der Waals surface area contributed by atoms with E-state index in [1.165, 1.54) is 0 Å². The van der Waals surface area contributed by atoms with Crippen molar-refractivity contribution in [2.45, 2.75) is 26.7 Å². The Kier molecular flexibility index (Phi) is 4.72. The maximum atomic E-state index is 13.2. The number of hydrogen-bond acceptors (Lipinski definition) is 2. The van der Waals surface area contributed by atoms with Gasteiger partial charge in [-0.15, -0.1) is 0 Å². The van der Waals surface area contributed by atoms with Gasteiger partial charge in [0.15, 0.2) is 0 Å². The third-order valence-electron chi connectivity index (χ3n) is 2.72. The zero-order valence-corrected chi connectivity index (χ0v) is 9.66. The Morgan fingerprint density at radius 2 is 1.47 bits per heavy atom. The summed E-state index contributed by atoms with van der Waals surface area (Å²) in [5.74, 6) is -6.08. The van der Waals surface area contributed by atoms with Crippen LogP contribution in [-0.4, -0.2) is 11.5 Å². The average Bonchev–Trinajstić information content (AvgIpc) is 2.31. The van der Waals surface area contributed by atoms with Crippen LogP contribution in [0.5, 0.6) is 0 Å². The Morgan fingerprint density at radius 1 is 1.00 bits per heavy atom. The van der Waals surface area contributed by atoms with Crippen LogP contribution in [-0.2, 0) is 0 Å². The summed E-state index contributed by atoms with van der Waals surface area (Å²) >= 11 is 0. The van der Waals surface area contributed by atoms with Crippen molar-refractivity contribution in [3.63, 3.8) is 0 Å². The Balaban J connectivity index is 2.90. The summed E-state index contributed by atoms with van der Waals surface area (Å²) < 4.78 is 51.9. The summed E-state index contributed by atoms with van der Waals surface area (Å²) in [6.45, 7) is 4.11.